The van der Waals surface area contributed by atoms with Crippen molar-refractivity contribution < 1.29 is 0 Å². The zero-order chi connectivity index (χ0) is 67.4. The van der Waals surface area contributed by atoms with E-state index in [9.17, 15) is 0 Å². The summed E-state index contributed by atoms with van der Waals surface area (Å²) >= 11 is 0. The molecule has 0 saturated carbocycles. The SMILES string of the molecule is CC1(C)c2cc(-c3ccc4c(c3)c3ccccc3n4-c3ccccc3)ccc2-c2ccc(N(c3ccccc3)c3ccc4ccccc4c3)cc21.c1ccc(-c2ccc(N(c3ccc(-c4ccccc4)cc3)c3ccc(-c4ccc5c(c4)c4ccccc4n5-c4ccccc4)cc3)cc2)cc1. The molecule has 16 aromatic carbocycles. The molecule has 2 heterocycles. The lowest BCUT2D eigenvalue weighted by Gasteiger charge is -2.28. The molecule has 0 spiro atoms. The molecule has 1 aliphatic carbocycles. The number of aromatic nitrogens is 2. The smallest absolute Gasteiger partial charge is 0.0541 e. The minimum absolute atomic E-state index is 0.171. The number of nitrogens with zero attached hydrogens (tertiary/aromatic N) is 4. The molecule has 478 valence electrons. The zero-order valence-corrected chi connectivity index (χ0v) is 56.2. The van der Waals surface area contributed by atoms with Gasteiger partial charge in [-0.25, -0.2) is 0 Å². The maximum absolute atomic E-state index is 2.44. The van der Waals surface area contributed by atoms with Crippen LogP contribution in [0.4, 0.5) is 34.1 Å². The minimum atomic E-state index is -0.171. The highest BCUT2D eigenvalue weighted by atomic mass is 15.1. The predicted molar refractivity (Wildman–Crippen MR) is 428 cm³/mol. The fraction of sp³-hybridized carbons (Fsp3) is 0.0309. The second-order valence-corrected chi connectivity index (χ2v) is 26.9. The normalized spacial score (nSPS) is 12.1. The zero-order valence-electron chi connectivity index (χ0n) is 56.2. The Morgan fingerprint density at radius 3 is 1.04 bits per heavy atom. The summed E-state index contributed by atoms with van der Waals surface area (Å²) in [6.07, 6.45) is 0. The van der Waals surface area contributed by atoms with Crippen LogP contribution in [0.15, 0.2) is 388 Å². The molecule has 4 nitrogen and oxygen atoms in total. The molecule has 19 rings (SSSR count). The van der Waals surface area contributed by atoms with Crippen molar-refractivity contribution in [1.29, 1.82) is 0 Å². The molecule has 101 heavy (non-hydrogen) atoms. The van der Waals surface area contributed by atoms with E-state index in [1.807, 2.05) is 0 Å². The van der Waals surface area contributed by atoms with Gasteiger partial charge < -0.3 is 18.9 Å². The lowest BCUT2D eigenvalue weighted by molar-refractivity contribution is 0.660. The van der Waals surface area contributed by atoms with Crippen molar-refractivity contribution in [2.75, 3.05) is 9.80 Å². The number of para-hydroxylation sites is 5. The van der Waals surface area contributed by atoms with Gasteiger partial charge >= 0.3 is 0 Å². The van der Waals surface area contributed by atoms with Gasteiger partial charge in [0, 0.05) is 72.5 Å². The van der Waals surface area contributed by atoms with Crippen LogP contribution in [0.3, 0.4) is 0 Å². The van der Waals surface area contributed by atoms with E-state index in [1.54, 1.807) is 0 Å². The summed E-state index contributed by atoms with van der Waals surface area (Å²) in [5, 5.41) is 7.54. The van der Waals surface area contributed by atoms with Gasteiger partial charge in [-0.2, -0.15) is 0 Å². The van der Waals surface area contributed by atoms with Crippen molar-refractivity contribution in [3.8, 4) is 67.0 Å². The molecule has 0 N–H and O–H groups in total. The van der Waals surface area contributed by atoms with Gasteiger partial charge in [0.1, 0.15) is 0 Å². The molecule has 0 bridgehead atoms. The van der Waals surface area contributed by atoms with Crippen molar-refractivity contribution in [1.82, 2.24) is 9.13 Å². The highest BCUT2D eigenvalue weighted by Crippen LogP contribution is 2.52. The molecule has 0 saturated heterocycles. The van der Waals surface area contributed by atoms with Gasteiger partial charge in [-0.1, -0.05) is 263 Å². The number of benzene rings is 16. The fourth-order valence-electron chi connectivity index (χ4n) is 15.5. The highest BCUT2D eigenvalue weighted by Gasteiger charge is 2.36. The Kier molecular flexibility index (Phi) is 15.2. The first-order valence-electron chi connectivity index (χ1n) is 34.9. The maximum atomic E-state index is 2.44. The third kappa shape index (κ3) is 11.0. The van der Waals surface area contributed by atoms with Gasteiger partial charge in [-0.05, 0) is 217 Å². The van der Waals surface area contributed by atoms with Crippen LogP contribution >= 0.6 is 0 Å². The molecule has 0 fully saturated rings. The van der Waals surface area contributed by atoms with Crippen LogP contribution in [0, 0.1) is 0 Å². The van der Waals surface area contributed by atoms with Crippen molar-refractivity contribution >= 4 is 88.5 Å². The molecular formula is C97H70N4. The number of anilines is 6. The van der Waals surface area contributed by atoms with Crippen LogP contribution in [0.1, 0.15) is 25.0 Å². The van der Waals surface area contributed by atoms with Crippen molar-refractivity contribution in [3.05, 3.63) is 399 Å². The Bertz CT molecular complexity index is 5970. The van der Waals surface area contributed by atoms with Crippen LogP contribution in [0.2, 0.25) is 0 Å². The van der Waals surface area contributed by atoms with Crippen molar-refractivity contribution in [2.24, 2.45) is 0 Å². The number of rotatable bonds is 12. The second kappa shape index (κ2) is 25.4. The molecule has 0 unspecified atom stereocenters. The largest absolute Gasteiger partial charge is 0.311 e. The van der Waals surface area contributed by atoms with Gasteiger partial charge in [-0.3, -0.25) is 0 Å². The van der Waals surface area contributed by atoms with Crippen molar-refractivity contribution in [2.45, 2.75) is 19.3 Å². The van der Waals surface area contributed by atoms with E-state index in [1.165, 1.54) is 133 Å². The Morgan fingerprint density at radius 2 is 0.525 bits per heavy atom. The lowest BCUT2D eigenvalue weighted by Crippen LogP contribution is -2.16. The van der Waals surface area contributed by atoms with Gasteiger partial charge in [0.2, 0.25) is 0 Å². The molecule has 0 radical (unpaired) electrons. The topological polar surface area (TPSA) is 16.3 Å². The molecule has 1 aliphatic rings. The fourth-order valence-corrected chi connectivity index (χ4v) is 15.5. The third-order valence-electron chi connectivity index (χ3n) is 20.6. The van der Waals surface area contributed by atoms with Gasteiger partial charge in [0.25, 0.3) is 0 Å². The molecule has 18 aromatic rings. The van der Waals surface area contributed by atoms with E-state index >= 15 is 0 Å². The summed E-state index contributed by atoms with van der Waals surface area (Å²) in [6.45, 7) is 4.76. The van der Waals surface area contributed by atoms with E-state index in [4.69, 9.17) is 0 Å². The lowest BCUT2D eigenvalue weighted by atomic mass is 9.81. The quantitative estimate of drug-likeness (QED) is 0.121. The summed E-state index contributed by atoms with van der Waals surface area (Å²) in [5.41, 5.74) is 28.9. The van der Waals surface area contributed by atoms with E-state index in [0.29, 0.717) is 0 Å². The van der Waals surface area contributed by atoms with Gasteiger partial charge in [0.15, 0.2) is 0 Å². The average Bonchev–Trinajstić information content (AvgIpc) is 1.59. The van der Waals surface area contributed by atoms with Crippen LogP contribution in [-0.2, 0) is 5.41 Å². The molecular weight excluding hydrogens is 1220 g/mol. The van der Waals surface area contributed by atoms with Crippen LogP contribution < -0.4 is 9.80 Å². The first-order chi connectivity index (χ1) is 49.8. The molecule has 0 aliphatic heterocycles. The third-order valence-corrected chi connectivity index (χ3v) is 20.6. The maximum Gasteiger partial charge on any atom is 0.0541 e. The number of fused-ring (bicyclic) bond motifs is 10. The van der Waals surface area contributed by atoms with E-state index in [-0.39, 0.29) is 5.41 Å². The molecule has 2 aromatic heterocycles. The first-order valence-corrected chi connectivity index (χ1v) is 34.9. The summed E-state index contributed by atoms with van der Waals surface area (Å²) < 4.78 is 4.74. The first kappa shape index (κ1) is 60.4. The standard InChI is InChI=1S/C49H36N2.C48H34N2/c1-49(2)45-31-36(35-23-28-48-44(30-35)43-19-11-12-20-47(43)51(48)38-17-7-4-8-18-38)22-26-41(45)42-27-25-40(32-46(42)49)50(37-15-5-3-6-16-37)39-24-21-33-13-9-10-14-34(33)29-39;1-4-12-35(13-5-1)37-20-27-42(28-21-37)49(43-29-22-38(23-30-43)36-14-6-2-7-15-36)44-31-24-39(25-32-44)40-26-33-48-46(34-40)45-18-10-11-19-47(45)50(48)41-16-8-3-9-17-41/h3-32H,1-2H3;1-34H. The van der Waals surface area contributed by atoms with Gasteiger partial charge in [-0.15, -0.1) is 0 Å². The molecule has 4 heteroatoms. The van der Waals surface area contributed by atoms with Crippen LogP contribution in [-0.4, -0.2) is 9.13 Å². The molecule has 0 atom stereocenters. The van der Waals surface area contributed by atoms with E-state index in [0.717, 1.165) is 34.1 Å². The van der Waals surface area contributed by atoms with E-state index < -0.39 is 0 Å². The summed E-state index contributed by atoms with van der Waals surface area (Å²) in [7, 11) is 0. The minimum Gasteiger partial charge on any atom is -0.311 e. The van der Waals surface area contributed by atoms with Crippen molar-refractivity contribution in [3.63, 3.8) is 0 Å². The predicted octanol–water partition coefficient (Wildman–Crippen LogP) is 26.6. The van der Waals surface area contributed by atoms with E-state index in [2.05, 4.69) is 421 Å². The monoisotopic (exact) mass is 1290 g/mol. The van der Waals surface area contributed by atoms with Crippen LogP contribution in [0.5, 0.6) is 0 Å². The number of hydrogen-bond acceptors (Lipinski definition) is 2. The molecule has 0 amide bonds. The number of hydrogen-bond donors (Lipinski definition) is 0. The summed E-state index contributed by atoms with van der Waals surface area (Å²) in [4.78, 5) is 4.72. The average molecular weight is 1290 g/mol. The second-order valence-electron chi connectivity index (χ2n) is 26.9. The highest BCUT2D eigenvalue weighted by molar-refractivity contribution is 6.12. The Balaban J connectivity index is 0.000000145. The summed E-state index contributed by atoms with van der Waals surface area (Å²) in [6, 6.07) is 141. The Labute approximate surface area is 589 Å². The Hall–Kier alpha value is -13.0. The summed E-state index contributed by atoms with van der Waals surface area (Å²) in [5.74, 6) is 0. The Morgan fingerprint density at radius 1 is 0.208 bits per heavy atom. The van der Waals surface area contributed by atoms with Crippen LogP contribution in [0.25, 0.3) is 121 Å². The van der Waals surface area contributed by atoms with Gasteiger partial charge in [0.05, 0.1) is 22.1 Å².